The molecule has 0 bridgehead atoms. The number of hydrogen-bond donors (Lipinski definition) is 1. The average molecular weight is 235 g/mol. The lowest BCUT2D eigenvalue weighted by Gasteiger charge is -2.08. The molecule has 0 amide bonds. The molecule has 1 N–H and O–H groups in total. The van der Waals surface area contributed by atoms with Gasteiger partial charge in [0.2, 0.25) is 0 Å². The Hall–Kier alpha value is -0.860. The van der Waals surface area contributed by atoms with E-state index in [1.165, 1.54) is 17.5 Å². The molecule has 0 saturated carbocycles. The molecule has 1 aromatic carbocycles. The van der Waals surface area contributed by atoms with Crippen LogP contribution in [-0.2, 0) is 17.6 Å². The molecular weight excluding hydrogens is 210 g/mol. The van der Waals surface area contributed by atoms with Gasteiger partial charge in [-0.15, -0.1) is 0 Å². The molecule has 17 heavy (non-hydrogen) atoms. The van der Waals surface area contributed by atoms with E-state index in [0.29, 0.717) is 0 Å². The average Bonchev–Trinajstić information content (AvgIpc) is 2.28. The van der Waals surface area contributed by atoms with Gasteiger partial charge in [0.1, 0.15) is 0 Å². The zero-order valence-corrected chi connectivity index (χ0v) is 11.3. The number of nitrogens with one attached hydrogen (secondary N) is 1. The smallest absolute Gasteiger partial charge is 0.0587 e. The molecule has 96 valence electrons. The first kappa shape index (κ1) is 14.2. The Balaban J connectivity index is 2.32. The minimum absolute atomic E-state index is 0.727. The standard InChI is InChI=1S/C15H25NO/c1-13(2)11-15-6-4-5-14(12-15)7-8-16-9-10-17-3/h4-6,12-13,16H,7-11H2,1-3H3. The molecule has 0 aliphatic carbocycles. The third-order valence-electron chi connectivity index (χ3n) is 2.71. The molecule has 0 saturated heterocycles. The Morgan fingerprint density at radius 1 is 1.18 bits per heavy atom. The second-order valence-corrected chi connectivity index (χ2v) is 4.91. The fourth-order valence-electron chi connectivity index (χ4n) is 1.92. The van der Waals surface area contributed by atoms with E-state index in [-0.39, 0.29) is 0 Å². The second-order valence-electron chi connectivity index (χ2n) is 4.91. The van der Waals surface area contributed by atoms with Crippen molar-refractivity contribution in [3.8, 4) is 0 Å². The van der Waals surface area contributed by atoms with E-state index in [4.69, 9.17) is 4.74 Å². The van der Waals surface area contributed by atoms with E-state index >= 15 is 0 Å². The summed E-state index contributed by atoms with van der Waals surface area (Å²) in [7, 11) is 1.73. The van der Waals surface area contributed by atoms with Crippen molar-refractivity contribution < 1.29 is 4.74 Å². The first-order valence-corrected chi connectivity index (χ1v) is 6.50. The van der Waals surface area contributed by atoms with E-state index in [1.54, 1.807) is 7.11 Å². The van der Waals surface area contributed by atoms with Crippen LogP contribution < -0.4 is 5.32 Å². The minimum Gasteiger partial charge on any atom is -0.383 e. The van der Waals surface area contributed by atoms with Crippen molar-refractivity contribution in [3.05, 3.63) is 35.4 Å². The maximum atomic E-state index is 4.99. The maximum Gasteiger partial charge on any atom is 0.0587 e. The molecule has 2 heteroatoms. The summed E-state index contributed by atoms with van der Waals surface area (Å²) in [4.78, 5) is 0. The van der Waals surface area contributed by atoms with Crippen molar-refractivity contribution in [2.24, 2.45) is 5.92 Å². The van der Waals surface area contributed by atoms with Crippen molar-refractivity contribution >= 4 is 0 Å². The Bertz CT molecular complexity index is 310. The van der Waals surface area contributed by atoms with Crippen LogP contribution in [0.25, 0.3) is 0 Å². The summed E-state index contributed by atoms with van der Waals surface area (Å²) in [5.41, 5.74) is 2.88. The van der Waals surface area contributed by atoms with Gasteiger partial charge in [-0.1, -0.05) is 38.1 Å². The summed E-state index contributed by atoms with van der Waals surface area (Å²) < 4.78 is 4.99. The van der Waals surface area contributed by atoms with Gasteiger partial charge in [0.25, 0.3) is 0 Å². The maximum absolute atomic E-state index is 4.99. The number of benzene rings is 1. The molecule has 2 nitrogen and oxygen atoms in total. The topological polar surface area (TPSA) is 21.3 Å². The normalized spacial score (nSPS) is 11.1. The molecule has 1 rings (SSSR count). The van der Waals surface area contributed by atoms with Crippen LogP contribution >= 0.6 is 0 Å². The fraction of sp³-hybridized carbons (Fsp3) is 0.600. The van der Waals surface area contributed by atoms with Crippen LogP contribution in [0, 0.1) is 5.92 Å². The Labute approximate surface area is 105 Å². The van der Waals surface area contributed by atoms with Gasteiger partial charge < -0.3 is 10.1 Å². The van der Waals surface area contributed by atoms with E-state index < -0.39 is 0 Å². The molecule has 0 fully saturated rings. The van der Waals surface area contributed by atoms with Crippen LogP contribution in [0.15, 0.2) is 24.3 Å². The van der Waals surface area contributed by atoms with Crippen LogP contribution in [0.1, 0.15) is 25.0 Å². The van der Waals surface area contributed by atoms with Crippen LogP contribution in [0.4, 0.5) is 0 Å². The monoisotopic (exact) mass is 235 g/mol. The SMILES string of the molecule is COCCNCCc1cccc(CC(C)C)c1. The summed E-state index contributed by atoms with van der Waals surface area (Å²) in [6.45, 7) is 7.27. The van der Waals surface area contributed by atoms with Gasteiger partial charge in [-0.05, 0) is 36.4 Å². The van der Waals surface area contributed by atoms with E-state index in [2.05, 4.69) is 43.4 Å². The molecule has 0 radical (unpaired) electrons. The first-order valence-electron chi connectivity index (χ1n) is 6.50. The van der Waals surface area contributed by atoms with Crippen molar-refractivity contribution in [3.63, 3.8) is 0 Å². The number of hydrogen-bond acceptors (Lipinski definition) is 2. The number of rotatable bonds is 8. The van der Waals surface area contributed by atoms with Gasteiger partial charge in [0, 0.05) is 13.7 Å². The minimum atomic E-state index is 0.727. The fourth-order valence-corrected chi connectivity index (χ4v) is 1.92. The van der Waals surface area contributed by atoms with Gasteiger partial charge in [0.05, 0.1) is 6.61 Å². The Morgan fingerprint density at radius 2 is 1.94 bits per heavy atom. The highest BCUT2D eigenvalue weighted by molar-refractivity contribution is 5.24. The molecule has 0 heterocycles. The summed E-state index contributed by atoms with van der Waals surface area (Å²) in [5, 5.41) is 3.37. The lowest BCUT2D eigenvalue weighted by atomic mass is 10.00. The van der Waals surface area contributed by atoms with Gasteiger partial charge in [0.15, 0.2) is 0 Å². The van der Waals surface area contributed by atoms with Crippen molar-refractivity contribution in [2.75, 3.05) is 26.8 Å². The zero-order valence-electron chi connectivity index (χ0n) is 11.3. The predicted molar refractivity (Wildman–Crippen MR) is 73.4 cm³/mol. The highest BCUT2D eigenvalue weighted by atomic mass is 16.5. The molecule has 0 aliphatic heterocycles. The van der Waals surface area contributed by atoms with Gasteiger partial charge in [-0.3, -0.25) is 0 Å². The third-order valence-corrected chi connectivity index (χ3v) is 2.71. The lowest BCUT2D eigenvalue weighted by molar-refractivity contribution is 0.199. The largest absolute Gasteiger partial charge is 0.383 e. The molecule has 0 atom stereocenters. The van der Waals surface area contributed by atoms with Crippen molar-refractivity contribution in [1.82, 2.24) is 5.32 Å². The van der Waals surface area contributed by atoms with E-state index in [1.807, 2.05) is 0 Å². The molecule has 0 aromatic heterocycles. The number of methoxy groups -OCH3 is 1. The van der Waals surface area contributed by atoms with Crippen LogP contribution in [0.5, 0.6) is 0 Å². The first-order chi connectivity index (χ1) is 8.22. The van der Waals surface area contributed by atoms with Gasteiger partial charge >= 0.3 is 0 Å². The molecule has 0 unspecified atom stereocenters. The van der Waals surface area contributed by atoms with Crippen LogP contribution in [0.3, 0.4) is 0 Å². The van der Waals surface area contributed by atoms with Gasteiger partial charge in [-0.25, -0.2) is 0 Å². The lowest BCUT2D eigenvalue weighted by Crippen LogP contribution is -2.21. The van der Waals surface area contributed by atoms with E-state index in [0.717, 1.165) is 32.0 Å². The van der Waals surface area contributed by atoms with Crippen LogP contribution in [-0.4, -0.2) is 26.8 Å². The predicted octanol–water partition coefficient (Wildman–Crippen LogP) is 2.66. The summed E-state index contributed by atoms with van der Waals surface area (Å²) in [5.74, 6) is 0.727. The quantitative estimate of drug-likeness (QED) is 0.699. The highest BCUT2D eigenvalue weighted by Crippen LogP contribution is 2.10. The highest BCUT2D eigenvalue weighted by Gasteiger charge is 1.99. The van der Waals surface area contributed by atoms with Crippen molar-refractivity contribution in [1.29, 1.82) is 0 Å². The molecule has 0 spiro atoms. The third kappa shape index (κ3) is 6.44. The van der Waals surface area contributed by atoms with E-state index in [9.17, 15) is 0 Å². The second kappa shape index (κ2) is 8.26. The summed E-state index contributed by atoms with van der Waals surface area (Å²) in [6.07, 6.45) is 2.26. The Morgan fingerprint density at radius 3 is 2.65 bits per heavy atom. The van der Waals surface area contributed by atoms with Crippen molar-refractivity contribution in [2.45, 2.75) is 26.7 Å². The summed E-state index contributed by atoms with van der Waals surface area (Å²) >= 11 is 0. The zero-order chi connectivity index (χ0) is 12.5. The number of ether oxygens (including phenoxy) is 1. The Kier molecular flexibility index (Phi) is 6.90. The van der Waals surface area contributed by atoms with Crippen LogP contribution in [0.2, 0.25) is 0 Å². The molecular formula is C15H25NO. The molecule has 1 aromatic rings. The molecule has 0 aliphatic rings. The summed E-state index contributed by atoms with van der Waals surface area (Å²) in [6, 6.07) is 8.93. The van der Waals surface area contributed by atoms with Gasteiger partial charge in [-0.2, -0.15) is 0 Å².